The van der Waals surface area contributed by atoms with Crippen LogP contribution in [0, 0.1) is 6.92 Å². The first kappa shape index (κ1) is 4.34. The Morgan fingerprint density at radius 2 is 2.20 bits per heavy atom. The van der Waals surface area contributed by atoms with Gasteiger partial charge in [0, 0.05) is 0 Å². The van der Waals surface area contributed by atoms with Gasteiger partial charge >= 0.3 is 0 Å². The molecule has 0 spiro atoms. The van der Waals surface area contributed by atoms with E-state index in [1.807, 2.05) is 0 Å². The minimum Gasteiger partial charge on any atom is -0.546 e. The van der Waals surface area contributed by atoms with Gasteiger partial charge in [-0.2, -0.15) is 0 Å². The minimum atomic E-state index is -1.11. The fourth-order valence-electron chi connectivity index (χ4n) is 0. The van der Waals surface area contributed by atoms with Crippen molar-refractivity contribution in [3.8, 4) is 0 Å². The third kappa shape index (κ3) is 3.34. The molecular formula is C3H4O2. The van der Waals surface area contributed by atoms with Crippen LogP contribution in [0.5, 0.6) is 0 Å². The van der Waals surface area contributed by atoms with E-state index in [1.54, 1.807) is 0 Å². The molecule has 0 N–H and O–H groups in total. The lowest BCUT2D eigenvalue weighted by atomic mass is 10.5. The lowest BCUT2D eigenvalue weighted by Crippen LogP contribution is -2.20. The molecule has 0 aromatic rings. The van der Waals surface area contributed by atoms with Gasteiger partial charge in [0.25, 0.3) is 0 Å². The van der Waals surface area contributed by atoms with Gasteiger partial charge in [0.05, 0.1) is 12.9 Å². The zero-order chi connectivity index (χ0) is 4.28. The molecule has 0 aliphatic heterocycles. The van der Waals surface area contributed by atoms with Crippen molar-refractivity contribution in [1.82, 2.24) is 0 Å². The molecule has 0 amide bonds. The lowest BCUT2D eigenvalue weighted by molar-refractivity contribution is -0.304. The van der Waals surface area contributed by atoms with Gasteiger partial charge in [-0.3, -0.25) is 0 Å². The maximum atomic E-state index is 9.19. The Bertz CT molecular complexity index is 40.2. The molecule has 28 valence electrons. The van der Waals surface area contributed by atoms with Crippen LogP contribution < -0.4 is 5.11 Å². The van der Waals surface area contributed by atoms with E-state index < -0.39 is 5.97 Å². The van der Waals surface area contributed by atoms with Gasteiger partial charge in [-0.1, -0.05) is 0 Å². The second-order valence-corrected chi connectivity index (χ2v) is 0.622. The van der Waals surface area contributed by atoms with E-state index in [0.29, 0.717) is 0 Å². The molecule has 0 aromatic carbocycles. The summed E-state index contributed by atoms with van der Waals surface area (Å²) in [6.45, 7) is 3.02. The predicted octanol–water partition coefficient (Wildman–Crippen LogP) is -1.04. The van der Waals surface area contributed by atoms with Gasteiger partial charge in [-0.25, -0.2) is 0 Å². The molecule has 0 unspecified atom stereocenters. The molecule has 0 saturated heterocycles. The van der Waals surface area contributed by atoms with Crippen molar-refractivity contribution in [2.75, 3.05) is 0 Å². The summed E-state index contributed by atoms with van der Waals surface area (Å²) in [5.74, 6) is -1.11. The van der Waals surface area contributed by atoms with Gasteiger partial charge in [0.1, 0.15) is 6.42 Å². The maximum Gasteiger partial charge on any atom is 0.124 e. The first-order valence-electron chi connectivity index (χ1n) is 1.26. The van der Waals surface area contributed by atoms with Crippen LogP contribution in [-0.2, 0) is 4.79 Å². The molecule has 2 heteroatoms. The van der Waals surface area contributed by atoms with Gasteiger partial charge in [0.2, 0.25) is 0 Å². The Morgan fingerprint density at radius 3 is 2.20 bits per heavy atom. The van der Waals surface area contributed by atoms with Crippen LogP contribution in [-0.4, -0.2) is 5.97 Å². The quantitative estimate of drug-likeness (QED) is 0.371. The summed E-state index contributed by atoms with van der Waals surface area (Å²) in [5, 5.41) is 9.19. The van der Waals surface area contributed by atoms with Crippen LogP contribution in [0.3, 0.4) is 0 Å². The topological polar surface area (TPSA) is 40.1 Å². The molecule has 0 aliphatic carbocycles. The van der Waals surface area contributed by atoms with Crippen LogP contribution in [0.15, 0.2) is 0 Å². The van der Waals surface area contributed by atoms with Crippen molar-refractivity contribution in [2.45, 2.75) is 6.42 Å². The second-order valence-electron chi connectivity index (χ2n) is 0.622. The number of carboxylic acid groups (broad SMARTS) is 1. The van der Waals surface area contributed by atoms with Gasteiger partial charge in [-0.15, -0.1) is 0 Å². The van der Waals surface area contributed by atoms with Crippen LogP contribution in [0.4, 0.5) is 0 Å². The molecule has 2 nitrogen and oxygen atoms in total. The minimum absolute atomic E-state index is 0.139. The summed E-state index contributed by atoms with van der Waals surface area (Å²) in [6, 6.07) is 0. The molecule has 0 rings (SSSR count). The highest BCUT2D eigenvalue weighted by Gasteiger charge is 1.74. The van der Waals surface area contributed by atoms with Crippen LogP contribution in [0.25, 0.3) is 0 Å². The first-order valence-corrected chi connectivity index (χ1v) is 1.26. The largest absolute Gasteiger partial charge is 0.546 e. The summed E-state index contributed by atoms with van der Waals surface area (Å²) in [7, 11) is 0. The van der Waals surface area contributed by atoms with E-state index in [-0.39, 0.29) is 6.42 Å². The highest BCUT2D eigenvalue weighted by Crippen LogP contribution is 1.60. The number of aliphatic carboxylic acids is 1. The summed E-state index contributed by atoms with van der Waals surface area (Å²) in [4.78, 5) is 9.19. The van der Waals surface area contributed by atoms with E-state index in [9.17, 15) is 9.90 Å². The van der Waals surface area contributed by atoms with E-state index in [2.05, 4.69) is 6.92 Å². The molecule has 0 fully saturated rings. The average Bonchev–Trinajstić information content (AvgIpc) is 1.38. The van der Waals surface area contributed by atoms with Gasteiger partial charge in [0.15, 0.2) is 0 Å². The highest BCUT2D eigenvalue weighted by molar-refractivity contribution is 5.64. The normalized spacial score (nSPS) is 7.20. The molecule has 0 saturated carbocycles. The number of rotatable bonds is 1. The van der Waals surface area contributed by atoms with Crippen LogP contribution in [0.2, 0.25) is 0 Å². The average molecular weight is 72.1 g/mol. The number of hydrogen-bond donors (Lipinski definition) is 0. The lowest BCUT2D eigenvalue weighted by Gasteiger charge is -1.81. The third-order valence-electron chi connectivity index (χ3n) is 0.204. The molecule has 0 heterocycles. The second kappa shape index (κ2) is 1.64. The van der Waals surface area contributed by atoms with Crippen LogP contribution in [0.1, 0.15) is 6.42 Å². The fourth-order valence-corrected chi connectivity index (χ4v) is 0. The van der Waals surface area contributed by atoms with Crippen molar-refractivity contribution in [1.29, 1.82) is 0 Å². The Hall–Kier alpha value is -0.660. The number of carbonyl (C=O) groups excluding carboxylic acids is 1. The number of carbonyl (C=O) groups is 1. The van der Waals surface area contributed by atoms with E-state index in [0.717, 1.165) is 0 Å². The van der Waals surface area contributed by atoms with Crippen LogP contribution >= 0.6 is 0 Å². The molecule has 0 aliphatic rings. The predicted molar refractivity (Wildman–Crippen MR) is 15.0 cm³/mol. The Balaban J connectivity index is 2.85. The zero-order valence-electron chi connectivity index (χ0n) is 2.73. The summed E-state index contributed by atoms with van der Waals surface area (Å²) < 4.78 is 0. The van der Waals surface area contributed by atoms with Gasteiger partial charge < -0.3 is 9.90 Å². The van der Waals surface area contributed by atoms with Gasteiger partial charge in [-0.05, 0) is 0 Å². The Labute approximate surface area is 30.4 Å². The Morgan fingerprint density at radius 1 is 2.00 bits per heavy atom. The monoisotopic (exact) mass is 72.0 g/mol. The zero-order valence-corrected chi connectivity index (χ0v) is 2.73. The Kier molecular flexibility index (Phi) is 1.42. The van der Waals surface area contributed by atoms with E-state index in [4.69, 9.17) is 0 Å². The van der Waals surface area contributed by atoms with Crippen molar-refractivity contribution < 1.29 is 9.90 Å². The molecule has 0 atom stereocenters. The molecule has 0 aromatic heterocycles. The van der Waals surface area contributed by atoms with E-state index in [1.165, 1.54) is 0 Å². The first-order chi connectivity index (χ1) is 2.27. The summed E-state index contributed by atoms with van der Waals surface area (Å²) in [6.07, 6.45) is -0.139. The van der Waals surface area contributed by atoms with E-state index >= 15 is 0 Å². The third-order valence-corrected chi connectivity index (χ3v) is 0.204. The van der Waals surface area contributed by atoms with Crippen molar-refractivity contribution in [2.24, 2.45) is 0 Å². The van der Waals surface area contributed by atoms with Crippen molar-refractivity contribution in [3.05, 3.63) is 6.92 Å². The molecular weight excluding hydrogens is 68.0 g/mol. The standard InChI is InChI=1S/C3H4O2/c1-2-3(4)5/h1-2H2. The smallest absolute Gasteiger partial charge is 0.124 e. The van der Waals surface area contributed by atoms with Crippen molar-refractivity contribution >= 4 is 5.97 Å². The number of carboxylic acids is 1. The summed E-state index contributed by atoms with van der Waals surface area (Å²) in [5.41, 5.74) is 0. The van der Waals surface area contributed by atoms with Crippen molar-refractivity contribution in [3.63, 3.8) is 0 Å². The fraction of sp³-hybridized carbons (Fsp3) is 0.333. The SMILES string of the molecule is [CH2+]CC(=O)[O-]. The molecule has 0 bridgehead atoms. The molecule has 0 radical (unpaired) electrons. The number of hydrogen-bond acceptors (Lipinski definition) is 2. The summed E-state index contributed by atoms with van der Waals surface area (Å²) >= 11 is 0. The highest BCUT2D eigenvalue weighted by atomic mass is 16.4. The molecule has 5 heavy (non-hydrogen) atoms. The maximum absolute atomic E-state index is 9.19.